The molecule has 1 aromatic rings. The molecule has 1 aromatic heterocycles. The van der Waals surface area contributed by atoms with E-state index in [9.17, 15) is 0 Å². The van der Waals surface area contributed by atoms with Gasteiger partial charge in [-0.3, -0.25) is 4.90 Å². The Kier molecular flexibility index (Phi) is 6.72. The van der Waals surface area contributed by atoms with Crippen LogP contribution in [-0.2, 0) is 13.1 Å². The summed E-state index contributed by atoms with van der Waals surface area (Å²) >= 11 is 1.96. The number of thiophene rings is 1. The van der Waals surface area contributed by atoms with Gasteiger partial charge in [0, 0.05) is 28.9 Å². The Morgan fingerprint density at radius 3 is 2.90 bits per heavy atom. The third kappa shape index (κ3) is 5.08. The van der Waals surface area contributed by atoms with E-state index in [1.165, 1.54) is 47.4 Å². The van der Waals surface area contributed by atoms with Crippen LogP contribution >= 0.6 is 11.3 Å². The van der Waals surface area contributed by atoms with Crippen molar-refractivity contribution in [2.24, 2.45) is 5.92 Å². The van der Waals surface area contributed by atoms with Gasteiger partial charge in [0.1, 0.15) is 0 Å². The van der Waals surface area contributed by atoms with Crippen molar-refractivity contribution in [3.63, 3.8) is 0 Å². The van der Waals surface area contributed by atoms with Crippen LogP contribution in [0.3, 0.4) is 0 Å². The molecule has 1 heterocycles. The van der Waals surface area contributed by atoms with Crippen molar-refractivity contribution in [3.8, 4) is 0 Å². The van der Waals surface area contributed by atoms with Gasteiger partial charge in [0.15, 0.2) is 0 Å². The van der Waals surface area contributed by atoms with Crippen LogP contribution in [0, 0.1) is 12.8 Å². The first-order valence-corrected chi connectivity index (χ1v) is 9.41. The molecule has 0 radical (unpaired) electrons. The third-order valence-electron chi connectivity index (χ3n) is 4.75. The first-order chi connectivity index (χ1) is 10.1. The van der Waals surface area contributed by atoms with Gasteiger partial charge in [0.25, 0.3) is 0 Å². The van der Waals surface area contributed by atoms with Crippen molar-refractivity contribution in [2.45, 2.75) is 72.0 Å². The van der Waals surface area contributed by atoms with Gasteiger partial charge in [0.05, 0.1) is 0 Å². The average Bonchev–Trinajstić information content (AvgIpc) is 2.79. The summed E-state index contributed by atoms with van der Waals surface area (Å²) in [5, 5.41) is 3.51. The van der Waals surface area contributed by atoms with Gasteiger partial charge in [-0.1, -0.05) is 26.7 Å². The van der Waals surface area contributed by atoms with Crippen LogP contribution in [0.4, 0.5) is 0 Å². The van der Waals surface area contributed by atoms with Gasteiger partial charge in [0.2, 0.25) is 0 Å². The fourth-order valence-corrected chi connectivity index (χ4v) is 4.44. The van der Waals surface area contributed by atoms with Crippen LogP contribution in [0.15, 0.2) is 6.07 Å². The molecule has 0 aliphatic heterocycles. The second kappa shape index (κ2) is 8.30. The predicted octanol–water partition coefficient (Wildman–Crippen LogP) is 4.57. The highest BCUT2D eigenvalue weighted by molar-refractivity contribution is 7.12. The van der Waals surface area contributed by atoms with Gasteiger partial charge in [-0.2, -0.15) is 0 Å². The van der Waals surface area contributed by atoms with E-state index in [-0.39, 0.29) is 0 Å². The van der Waals surface area contributed by atoms with Gasteiger partial charge in [-0.15, -0.1) is 11.3 Å². The lowest BCUT2D eigenvalue weighted by Crippen LogP contribution is -2.35. The van der Waals surface area contributed by atoms with E-state index >= 15 is 0 Å². The normalized spacial score (nSPS) is 22.9. The minimum Gasteiger partial charge on any atom is -0.312 e. The van der Waals surface area contributed by atoms with Gasteiger partial charge in [-0.25, -0.2) is 0 Å². The third-order valence-corrected chi connectivity index (χ3v) is 5.84. The van der Waals surface area contributed by atoms with E-state index in [1.54, 1.807) is 0 Å². The van der Waals surface area contributed by atoms with Crippen molar-refractivity contribution in [2.75, 3.05) is 13.6 Å². The van der Waals surface area contributed by atoms with Gasteiger partial charge >= 0.3 is 0 Å². The second-order valence-corrected chi connectivity index (χ2v) is 8.15. The molecule has 0 amide bonds. The molecule has 1 aliphatic carbocycles. The molecule has 3 heteroatoms. The molecule has 2 unspecified atom stereocenters. The zero-order valence-electron chi connectivity index (χ0n) is 14.2. The van der Waals surface area contributed by atoms with E-state index in [4.69, 9.17) is 0 Å². The van der Waals surface area contributed by atoms with Crippen molar-refractivity contribution < 1.29 is 0 Å². The molecule has 120 valence electrons. The maximum atomic E-state index is 3.51. The largest absolute Gasteiger partial charge is 0.312 e. The minimum atomic E-state index is 0.787. The van der Waals surface area contributed by atoms with Crippen LogP contribution < -0.4 is 5.32 Å². The monoisotopic (exact) mass is 308 g/mol. The Bertz CT molecular complexity index is 427. The number of nitrogens with zero attached hydrogens (tertiary/aromatic N) is 1. The lowest BCUT2D eigenvalue weighted by molar-refractivity contribution is 0.157. The van der Waals surface area contributed by atoms with Crippen LogP contribution in [-0.4, -0.2) is 24.5 Å². The molecule has 0 spiro atoms. The van der Waals surface area contributed by atoms with Crippen molar-refractivity contribution in [1.82, 2.24) is 10.2 Å². The predicted molar refractivity (Wildman–Crippen MR) is 93.9 cm³/mol. The van der Waals surface area contributed by atoms with Crippen molar-refractivity contribution >= 4 is 11.3 Å². The highest BCUT2D eigenvalue weighted by Gasteiger charge is 2.22. The summed E-state index contributed by atoms with van der Waals surface area (Å²) < 4.78 is 0. The molecule has 2 atom stereocenters. The van der Waals surface area contributed by atoms with E-state index in [1.807, 2.05) is 11.3 Å². The zero-order chi connectivity index (χ0) is 15.2. The molecular weight excluding hydrogens is 276 g/mol. The Labute approximate surface area is 134 Å². The fourth-order valence-electron chi connectivity index (χ4n) is 3.42. The van der Waals surface area contributed by atoms with E-state index in [2.05, 4.69) is 44.1 Å². The summed E-state index contributed by atoms with van der Waals surface area (Å²) in [6.45, 7) is 10.2. The smallest absolute Gasteiger partial charge is 0.0299 e. The molecule has 0 saturated heterocycles. The maximum absolute atomic E-state index is 3.51. The van der Waals surface area contributed by atoms with E-state index in [0.717, 1.165) is 31.6 Å². The van der Waals surface area contributed by atoms with Gasteiger partial charge in [-0.05, 0) is 57.3 Å². The van der Waals surface area contributed by atoms with Gasteiger partial charge < -0.3 is 5.32 Å². The molecule has 2 nitrogen and oxygen atoms in total. The number of rotatable bonds is 7. The number of aryl methyl sites for hydroxylation is 1. The van der Waals surface area contributed by atoms with Crippen molar-refractivity contribution in [1.29, 1.82) is 0 Å². The number of hydrogen-bond acceptors (Lipinski definition) is 3. The molecule has 2 rings (SSSR count). The molecule has 21 heavy (non-hydrogen) atoms. The summed E-state index contributed by atoms with van der Waals surface area (Å²) in [5.41, 5.74) is 1.54. The van der Waals surface area contributed by atoms with Crippen molar-refractivity contribution in [3.05, 3.63) is 21.4 Å². The Balaban J connectivity index is 1.89. The first kappa shape index (κ1) is 17.0. The minimum absolute atomic E-state index is 0.787. The summed E-state index contributed by atoms with van der Waals surface area (Å²) in [5.74, 6) is 0.906. The lowest BCUT2D eigenvalue weighted by Gasteiger charge is -2.34. The molecule has 1 saturated carbocycles. The lowest BCUT2D eigenvalue weighted by atomic mass is 9.86. The molecule has 0 bridgehead atoms. The number of hydrogen-bond donors (Lipinski definition) is 1. The quantitative estimate of drug-likeness (QED) is 0.742. The molecule has 1 fully saturated rings. The average molecular weight is 309 g/mol. The standard InChI is InChI=1S/C18H32N2S/c1-5-9-19-12-18-11-16(15(3)21-18)13-20(4)17-8-6-7-14(2)10-17/h11,14,17,19H,5-10,12-13H2,1-4H3. The molecule has 1 aliphatic rings. The maximum Gasteiger partial charge on any atom is 0.0299 e. The molecular formula is C18H32N2S. The SMILES string of the molecule is CCCNCc1cc(CN(C)C2CCCC(C)C2)c(C)s1. The second-order valence-electron chi connectivity index (χ2n) is 6.81. The summed E-state index contributed by atoms with van der Waals surface area (Å²) in [6.07, 6.45) is 6.80. The topological polar surface area (TPSA) is 15.3 Å². The fraction of sp³-hybridized carbons (Fsp3) is 0.778. The highest BCUT2D eigenvalue weighted by atomic mass is 32.1. The van der Waals surface area contributed by atoms with Crippen LogP contribution in [0.5, 0.6) is 0 Å². The summed E-state index contributed by atoms with van der Waals surface area (Å²) in [7, 11) is 2.31. The summed E-state index contributed by atoms with van der Waals surface area (Å²) in [6, 6.07) is 3.21. The molecule has 1 N–H and O–H groups in total. The molecule has 0 aromatic carbocycles. The number of nitrogens with one attached hydrogen (secondary N) is 1. The van der Waals surface area contributed by atoms with Crippen LogP contribution in [0.2, 0.25) is 0 Å². The zero-order valence-corrected chi connectivity index (χ0v) is 15.1. The Hall–Kier alpha value is -0.380. The Morgan fingerprint density at radius 2 is 2.19 bits per heavy atom. The van der Waals surface area contributed by atoms with E-state index in [0.29, 0.717) is 0 Å². The van der Waals surface area contributed by atoms with Crippen LogP contribution in [0.1, 0.15) is 61.3 Å². The first-order valence-electron chi connectivity index (χ1n) is 8.59. The highest BCUT2D eigenvalue weighted by Crippen LogP contribution is 2.29. The summed E-state index contributed by atoms with van der Waals surface area (Å²) in [4.78, 5) is 5.58. The van der Waals surface area contributed by atoms with Crippen LogP contribution in [0.25, 0.3) is 0 Å². The Morgan fingerprint density at radius 1 is 1.38 bits per heavy atom. The van der Waals surface area contributed by atoms with E-state index < -0.39 is 0 Å².